The van der Waals surface area contributed by atoms with Gasteiger partial charge in [-0.1, -0.05) is 30.3 Å². The molecule has 21 heavy (non-hydrogen) atoms. The molecule has 1 amide bonds. The van der Waals surface area contributed by atoms with Gasteiger partial charge < -0.3 is 15.5 Å². The van der Waals surface area contributed by atoms with Gasteiger partial charge in [0.25, 0.3) is 5.91 Å². The third-order valence-corrected chi connectivity index (χ3v) is 3.42. The van der Waals surface area contributed by atoms with E-state index in [4.69, 9.17) is 0 Å². The predicted molar refractivity (Wildman–Crippen MR) is 81.1 cm³/mol. The molecule has 4 heteroatoms. The minimum Gasteiger partial charge on any atom is -0.507 e. The summed E-state index contributed by atoms with van der Waals surface area (Å²) >= 11 is 0. The van der Waals surface area contributed by atoms with Gasteiger partial charge >= 0.3 is 0 Å². The minimum atomic E-state index is -0.327. The first kappa shape index (κ1) is 15.1. The van der Waals surface area contributed by atoms with Gasteiger partial charge in [-0.05, 0) is 42.2 Å². The third kappa shape index (κ3) is 3.41. The van der Waals surface area contributed by atoms with Crippen molar-refractivity contribution in [2.75, 3.05) is 0 Å². The molecular weight excluding hydrogens is 266 g/mol. The minimum absolute atomic E-state index is 0.00791. The van der Waals surface area contributed by atoms with Crippen LogP contribution in [0.15, 0.2) is 36.4 Å². The Hall–Kier alpha value is -2.33. The number of hydrogen-bond donors (Lipinski definition) is 3. The lowest BCUT2D eigenvalue weighted by atomic mass is 10.0. The van der Waals surface area contributed by atoms with Gasteiger partial charge in [-0.25, -0.2) is 0 Å². The summed E-state index contributed by atoms with van der Waals surface area (Å²) in [7, 11) is 0. The normalized spacial score (nSPS) is 10.4. The SMILES string of the molecule is Cc1cc(C)c(O)c(C(=O)NCc2ccccc2CO)c1. The van der Waals surface area contributed by atoms with Crippen LogP contribution in [-0.4, -0.2) is 16.1 Å². The maximum absolute atomic E-state index is 12.2. The number of benzene rings is 2. The molecule has 0 heterocycles. The zero-order valence-corrected chi connectivity index (χ0v) is 12.2. The number of carbonyl (C=O) groups excluding carboxylic acids is 1. The summed E-state index contributed by atoms with van der Waals surface area (Å²) in [5, 5.41) is 22.0. The first-order chi connectivity index (χ1) is 10.0. The molecule has 110 valence electrons. The van der Waals surface area contributed by atoms with Gasteiger partial charge in [0, 0.05) is 6.54 Å². The van der Waals surface area contributed by atoms with Crippen molar-refractivity contribution in [2.24, 2.45) is 0 Å². The lowest BCUT2D eigenvalue weighted by Gasteiger charge is -2.11. The van der Waals surface area contributed by atoms with E-state index in [9.17, 15) is 15.0 Å². The second-order valence-electron chi connectivity index (χ2n) is 5.09. The lowest BCUT2D eigenvalue weighted by molar-refractivity contribution is 0.0947. The number of aliphatic hydroxyl groups excluding tert-OH is 1. The van der Waals surface area contributed by atoms with E-state index in [-0.39, 0.29) is 23.8 Å². The molecule has 4 nitrogen and oxygen atoms in total. The van der Waals surface area contributed by atoms with Crippen LogP contribution in [0.25, 0.3) is 0 Å². The Morgan fingerprint density at radius 1 is 1.14 bits per heavy atom. The number of aromatic hydroxyl groups is 1. The van der Waals surface area contributed by atoms with Crippen molar-refractivity contribution in [2.45, 2.75) is 27.0 Å². The van der Waals surface area contributed by atoms with E-state index >= 15 is 0 Å². The van der Waals surface area contributed by atoms with Gasteiger partial charge in [-0.3, -0.25) is 4.79 Å². The van der Waals surface area contributed by atoms with Crippen molar-refractivity contribution in [3.8, 4) is 5.75 Å². The largest absolute Gasteiger partial charge is 0.507 e. The first-order valence-electron chi connectivity index (χ1n) is 6.79. The molecule has 0 fully saturated rings. The number of aryl methyl sites for hydroxylation is 2. The molecule has 0 aliphatic heterocycles. The summed E-state index contributed by atoms with van der Waals surface area (Å²) in [6.45, 7) is 3.88. The van der Waals surface area contributed by atoms with Gasteiger partial charge in [0.05, 0.1) is 12.2 Å². The van der Waals surface area contributed by atoms with Crippen molar-refractivity contribution >= 4 is 5.91 Å². The maximum Gasteiger partial charge on any atom is 0.255 e. The molecule has 3 N–H and O–H groups in total. The van der Waals surface area contributed by atoms with Gasteiger partial charge in [-0.15, -0.1) is 0 Å². The highest BCUT2D eigenvalue weighted by Gasteiger charge is 2.14. The molecule has 0 atom stereocenters. The number of hydrogen-bond acceptors (Lipinski definition) is 3. The molecule has 0 saturated carbocycles. The van der Waals surface area contributed by atoms with Crippen molar-refractivity contribution in [1.82, 2.24) is 5.32 Å². The summed E-state index contributed by atoms with van der Waals surface area (Å²) in [4.78, 5) is 12.2. The molecule has 0 bridgehead atoms. The summed E-state index contributed by atoms with van der Waals surface area (Å²) in [5.41, 5.74) is 3.51. The van der Waals surface area contributed by atoms with Gasteiger partial charge in [0.15, 0.2) is 0 Å². The van der Waals surface area contributed by atoms with Crippen molar-refractivity contribution in [3.63, 3.8) is 0 Å². The molecule has 2 aromatic rings. The topological polar surface area (TPSA) is 69.6 Å². The van der Waals surface area contributed by atoms with E-state index in [1.807, 2.05) is 37.3 Å². The van der Waals surface area contributed by atoms with Crippen LogP contribution in [0.3, 0.4) is 0 Å². The Morgan fingerprint density at radius 3 is 2.48 bits per heavy atom. The van der Waals surface area contributed by atoms with E-state index in [0.29, 0.717) is 12.1 Å². The van der Waals surface area contributed by atoms with Gasteiger partial charge in [0.2, 0.25) is 0 Å². The number of nitrogens with one attached hydrogen (secondary N) is 1. The molecule has 0 unspecified atom stereocenters. The molecular formula is C17H19NO3. The van der Waals surface area contributed by atoms with Gasteiger partial charge in [0.1, 0.15) is 5.75 Å². The quantitative estimate of drug-likeness (QED) is 0.808. The monoisotopic (exact) mass is 285 g/mol. The maximum atomic E-state index is 12.2. The van der Waals surface area contributed by atoms with Crippen LogP contribution in [0, 0.1) is 13.8 Å². The zero-order valence-electron chi connectivity index (χ0n) is 12.2. The Labute approximate surface area is 124 Å². The second kappa shape index (κ2) is 6.41. The molecule has 0 aliphatic rings. The average molecular weight is 285 g/mol. The molecule has 0 spiro atoms. The van der Waals surface area contributed by atoms with E-state index in [1.54, 1.807) is 13.0 Å². The standard InChI is InChI=1S/C17H19NO3/c1-11-7-12(2)16(20)15(8-11)17(21)18-9-13-5-3-4-6-14(13)10-19/h3-8,19-20H,9-10H2,1-2H3,(H,18,21). The number of phenols is 1. The second-order valence-corrected chi connectivity index (χ2v) is 5.09. The van der Waals surface area contributed by atoms with E-state index < -0.39 is 0 Å². The van der Waals surface area contributed by atoms with Crippen LogP contribution in [0.5, 0.6) is 5.75 Å². The summed E-state index contributed by atoms with van der Waals surface area (Å²) in [6, 6.07) is 10.9. The summed E-state index contributed by atoms with van der Waals surface area (Å²) in [6.07, 6.45) is 0. The number of phenolic OH excluding ortho intramolecular Hbond substituents is 1. The van der Waals surface area contributed by atoms with Crippen LogP contribution in [0.2, 0.25) is 0 Å². The Bertz CT molecular complexity index is 665. The van der Waals surface area contributed by atoms with Crippen LogP contribution in [0.4, 0.5) is 0 Å². The molecule has 0 aromatic heterocycles. The molecule has 0 saturated heterocycles. The van der Waals surface area contributed by atoms with Crippen molar-refractivity contribution < 1.29 is 15.0 Å². The van der Waals surface area contributed by atoms with E-state index in [1.165, 1.54) is 0 Å². The highest BCUT2D eigenvalue weighted by Crippen LogP contribution is 2.23. The first-order valence-corrected chi connectivity index (χ1v) is 6.79. The number of aliphatic hydroxyl groups is 1. The van der Waals surface area contributed by atoms with E-state index in [0.717, 1.165) is 16.7 Å². The highest BCUT2D eigenvalue weighted by atomic mass is 16.3. The van der Waals surface area contributed by atoms with Crippen molar-refractivity contribution in [3.05, 3.63) is 64.2 Å². The average Bonchev–Trinajstić information content (AvgIpc) is 2.48. The smallest absolute Gasteiger partial charge is 0.255 e. The molecule has 2 aromatic carbocycles. The zero-order chi connectivity index (χ0) is 15.4. The Morgan fingerprint density at radius 2 is 1.81 bits per heavy atom. The Kier molecular flexibility index (Phi) is 4.60. The third-order valence-electron chi connectivity index (χ3n) is 3.42. The Balaban J connectivity index is 2.16. The number of rotatable bonds is 4. The summed E-state index contributed by atoms with van der Waals surface area (Å²) in [5.74, 6) is -0.319. The van der Waals surface area contributed by atoms with E-state index in [2.05, 4.69) is 5.32 Å². The van der Waals surface area contributed by atoms with Crippen LogP contribution < -0.4 is 5.32 Å². The van der Waals surface area contributed by atoms with Crippen LogP contribution in [-0.2, 0) is 13.2 Å². The fraction of sp³-hybridized carbons (Fsp3) is 0.235. The van der Waals surface area contributed by atoms with Gasteiger partial charge in [-0.2, -0.15) is 0 Å². The highest BCUT2D eigenvalue weighted by molar-refractivity contribution is 5.97. The van der Waals surface area contributed by atoms with Crippen LogP contribution >= 0.6 is 0 Å². The number of carbonyl (C=O) groups is 1. The molecule has 2 rings (SSSR count). The predicted octanol–water partition coefficient (Wildman–Crippen LogP) is 2.43. The van der Waals surface area contributed by atoms with Crippen LogP contribution in [0.1, 0.15) is 32.6 Å². The molecule has 0 radical (unpaired) electrons. The van der Waals surface area contributed by atoms with Crippen molar-refractivity contribution in [1.29, 1.82) is 0 Å². The fourth-order valence-corrected chi connectivity index (χ4v) is 2.29. The number of amides is 1. The molecule has 0 aliphatic carbocycles. The lowest BCUT2D eigenvalue weighted by Crippen LogP contribution is -2.23. The fourth-order valence-electron chi connectivity index (χ4n) is 2.29. The summed E-state index contributed by atoms with van der Waals surface area (Å²) < 4.78 is 0.